The second-order valence-corrected chi connectivity index (χ2v) is 4.20. The Balaban J connectivity index is 2.53. The number of rotatable bonds is 0. The van der Waals surface area contributed by atoms with Crippen LogP contribution < -0.4 is 0 Å². The first kappa shape index (κ1) is 5.43. The van der Waals surface area contributed by atoms with Crippen LogP contribution in [-0.4, -0.2) is 19.6 Å². The first-order valence-electron chi connectivity index (χ1n) is 2.93. The Morgan fingerprint density at radius 3 is 3.11 bits per heavy atom. The van der Waals surface area contributed by atoms with E-state index in [1.807, 2.05) is 0 Å². The van der Waals surface area contributed by atoms with Crippen LogP contribution >= 0.6 is 0 Å². The van der Waals surface area contributed by atoms with Gasteiger partial charge in [-0.15, -0.1) is 0 Å². The molecule has 0 bridgehead atoms. The van der Waals surface area contributed by atoms with Crippen LogP contribution in [0.25, 0.3) is 0 Å². The third-order valence-electron chi connectivity index (χ3n) is 1.54. The molecule has 1 aliphatic carbocycles. The van der Waals surface area contributed by atoms with Gasteiger partial charge in [0.05, 0.1) is 0 Å². The number of allylic oxidation sites excluding steroid dienone is 5. The molecule has 0 amide bonds. The molecule has 1 radical (unpaired) electrons. The van der Waals surface area contributed by atoms with Crippen LogP contribution in [0, 0.1) is 6.08 Å². The van der Waals surface area contributed by atoms with Crippen LogP contribution in [0.4, 0.5) is 0 Å². The normalized spacial score (nSPS) is 23.0. The second kappa shape index (κ2) is 1.81. The zero-order valence-electron chi connectivity index (χ0n) is 5.18. The summed E-state index contributed by atoms with van der Waals surface area (Å²) >= 11 is 0.334. The molecule has 0 aromatic rings. The fourth-order valence-corrected chi connectivity index (χ4v) is 2.90. The van der Waals surface area contributed by atoms with Crippen molar-refractivity contribution in [3.63, 3.8) is 0 Å². The van der Waals surface area contributed by atoms with E-state index in [-0.39, 0.29) is 0 Å². The number of hydrogen-bond acceptors (Lipinski definition) is 0. The van der Waals surface area contributed by atoms with Gasteiger partial charge in [-0.2, -0.15) is 0 Å². The fourth-order valence-electron chi connectivity index (χ4n) is 1.03. The molecule has 0 aromatic heterocycles. The van der Waals surface area contributed by atoms with Gasteiger partial charge in [0.2, 0.25) is 0 Å². The summed E-state index contributed by atoms with van der Waals surface area (Å²) in [5.74, 6) is 0. The molecule has 2 rings (SSSR count). The van der Waals surface area contributed by atoms with Crippen molar-refractivity contribution in [3.8, 4) is 0 Å². The molecule has 1 heteroatoms. The Hall–Kier alpha value is -0.352. The van der Waals surface area contributed by atoms with E-state index in [4.69, 9.17) is 0 Å². The van der Waals surface area contributed by atoms with Crippen LogP contribution in [0.5, 0.6) is 0 Å². The molecule has 0 unspecified atom stereocenters. The van der Waals surface area contributed by atoms with E-state index in [0.29, 0.717) is 15.3 Å². The maximum atomic E-state index is 3.24. The topological polar surface area (TPSA) is 0 Å². The average Bonchev–Trinajstić information content (AvgIpc) is 2.35. The summed E-state index contributed by atoms with van der Waals surface area (Å²) in [6, 6.07) is 0. The van der Waals surface area contributed by atoms with Crippen molar-refractivity contribution < 1.29 is 0 Å². The molecule has 0 spiro atoms. The first-order chi connectivity index (χ1) is 4.38. The Morgan fingerprint density at radius 1 is 1.44 bits per heavy atom. The second-order valence-electron chi connectivity index (χ2n) is 2.18. The molecular weight excluding hydrogens is 171 g/mol. The molecule has 43 valence electrons. The number of hydrogen-bond donors (Lipinski definition) is 0. The zero-order valence-corrected chi connectivity index (χ0v) is 7.06. The monoisotopic (exact) mass is 177 g/mol. The summed E-state index contributed by atoms with van der Waals surface area (Å²) in [6.45, 7) is 2.18. The van der Waals surface area contributed by atoms with E-state index in [9.17, 15) is 0 Å². The summed E-state index contributed by atoms with van der Waals surface area (Å²) in [4.78, 5) is 2.19. The Kier molecular flexibility index (Phi) is 1.10. The minimum absolute atomic E-state index is 0.334. The van der Waals surface area contributed by atoms with Crippen LogP contribution in [0.1, 0.15) is 6.92 Å². The first-order valence-corrected chi connectivity index (χ1v) is 4.95. The molecule has 0 atom stereocenters. The SMILES string of the molecule is CC1=CC=C2[C]=C[As]=C12. The average molecular weight is 177 g/mol. The van der Waals surface area contributed by atoms with Crippen molar-refractivity contribution in [1.29, 1.82) is 0 Å². The molecule has 0 saturated carbocycles. The Bertz CT molecular complexity index is 264. The molecule has 0 N–H and O–H groups in total. The van der Waals surface area contributed by atoms with Crippen LogP contribution in [-0.2, 0) is 0 Å². The molecule has 0 nitrogen and oxygen atoms in total. The summed E-state index contributed by atoms with van der Waals surface area (Å²) in [7, 11) is 0. The summed E-state index contributed by atoms with van der Waals surface area (Å²) in [5, 5.41) is 0. The Labute approximate surface area is 61.2 Å². The molecule has 0 aromatic carbocycles. The van der Waals surface area contributed by atoms with Crippen molar-refractivity contribution in [3.05, 3.63) is 34.2 Å². The third-order valence-corrected chi connectivity index (χ3v) is 3.87. The summed E-state index contributed by atoms with van der Waals surface area (Å²) in [6.07, 6.45) is 7.57. The third kappa shape index (κ3) is 0.702. The van der Waals surface area contributed by atoms with Gasteiger partial charge in [-0.1, -0.05) is 0 Å². The van der Waals surface area contributed by atoms with E-state index in [1.165, 1.54) is 11.1 Å². The van der Waals surface area contributed by atoms with Crippen molar-refractivity contribution in [2.24, 2.45) is 0 Å². The predicted molar refractivity (Wildman–Crippen MR) is 40.4 cm³/mol. The van der Waals surface area contributed by atoms with Gasteiger partial charge >= 0.3 is 60.8 Å². The molecule has 0 saturated heterocycles. The van der Waals surface area contributed by atoms with Gasteiger partial charge in [0.1, 0.15) is 0 Å². The van der Waals surface area contributed by atoms with E-state index < -0.39 is 0 Å². The molecule has 9 heavy (non-hydrogen) atoms. The van der Waals surface area contributed by atoms with Crippen molar-refractivity contribution >= 4 is 19.6 Å². The van der Waals surface area contributed by atoms with Gasteiger partial charge in [0, 0.05) is 0 Å². The van der Waals surface area contributed by atoms with Gasteiger partial charge in [-0.3, -0.25) is 0 Å². The minimum atomic E-state index is 0.334. The van der Waals surface area contributed by atoms with Crippen molar-refractivity contribution in [2.45, 2.75) is 6.92 Å². The van der Waals surface area contributed by atoms with E-state index in [2.05, 4.69) is 30.0 Å². The van der Waals surface area contributed by atoms with E-state index >= 15 is 0 Å². The number of fused-ring (bicyclic) bond motifs is 1. The summed E-state index contributed by atoms with van der Waals surface area (Å²) in [5.41, 5.74) is 2.79. The molecular formula is C8H6As. The predicted octanol–water partition coefficient (Wildman–Crippen LogP) is 1.08. The van der Waals surface area contributed by atoms with Crippen LogP contribution in [0.15, 0.2) is 28.2 Å². The van der Waals surface area contributed by atoms with E-state index in [1.54, 1.807) is 4.30 Å². The quantitative estimate of drug-likeness (QED) is 0.485. The van der Waals surface area contributed by atoms with Crippen LogP contribution in [0.3, 0.4) is 0 Å². The Morgan fingerprint density at radius 2 is 2.33 bits per heavy atom. The van der Waals surface area contributed by atoms with Gasteiger partial charge in [-0.05, 0) is 0 Å². The molecule has 2 aliphatic rings. The fraction of sp³-hybridized carbons (Fsp3) is 0.125. The van der Waals surface area contributed by atoms with Crippen molar-refractivity contribution in [1.82, 2.24) is 0 Å². The maximum absolute atomic E-state index is 3.24. The van der Waals surface area contributed by atoms with Gasteiger partial charge in [-0.25, -0.2) is 0 Å². The molecule has 0 fully saturated rings. The van der Waals surface area contributed by atoms with Gasteiger partial charge < -0.3 is 0 Å². The van der Waals surface area contributed by atoms with Crippen LogP contribution in [0.2, 0.25) is 0 Å². The van der Waals surface area contributed by atoms with E-state index in [0.717, 1.165) is 0 Å². The van der Waals surface area contributed by atoms with Gasteiger partial charge in [0.15, 0.2) is 0 Å². The zero-order chi connectivity index (χ0) is 6.27. The van der Waals surface area contributed by atoms with Crippen molar-refractivity contribution in [2.75, 3.05) is 0 Å². The molecule has 1 aliphatic heterocycles. The standard InChI is InChI=1S/C8H6As/c1-6-2-3-7-4-5-9-8(6)7/h2-3,5H,1H3. The summed E-state index contributed by atoms with van der Waals surface area (Å²) < 4.78 is 1.56. The van der Waals surface area contributed by atoms with Gasteiger partial charge in [0.25, 0.3) is 0 Å². The molecule has 1 heterocycles.